The van der Waals surface area contributed by atoms with Gasteiger partial charge in [-0.3, -0.25) is 9.48 Å². The van der Waals surface area contributed by atoms with Crippen LogP contribution >= 0.6 is 0 Å². The predicted molar refractivity (Wildman–Crippen MR) is 445 cm³/mol. The Morgan fingerprint density at radius 1 is 0.315 bits per heavy atom. The molecule has 0 N–H and O–H groups in total. The molecule has 0 bridgehead atoms. The second-order valence-electron chi connectivity index (χ2n) is 39.7. The number of fused-ring (bicyclic) bond motifs is 15. The van der Waals surface area contributed by atoms with Gasteiger partial charge < -0.3 is 0 Å². The number of rotatable bonds is 0. The molecule has 14 nitrogen and oxygen atoms in total. The minimum Gasteiger partial charge on any atom is -0.262 e. The third-order valence-corrected chi connectivity index (χ3v) is 30.0. The number of aromatic nitrogens is 12. The second kappa shape index (κ2) is 25.6. The van der Waals surface area contributed by atoms with Crippen LogP contribution in [0.1, 0.15) is 281 Å². The molecule has 2 atom stereocenters. The van der Waals surface area contributed by atoms with E-state index in [1.54, 1.807) is 5.84 Å². The summed E-state index contributed by atoms with van der Waals surface area (Å²) in [6.45, 7) is 88.8. The first kappa shape index (κ1) is 80.2. The van der Waals surface area contributed by atoms with E-state index in [4.69, 9.17) is 0 Å². The molecular weight excluding hydrogens is 1330 g/mol. The molecule has 17 heterocycles. The van der Waals surface area contributed by atoms with Gasteiger partial charge >= 0.3 is 0 Å². The largest absolute Gasteiger partial charge is 0.290 e. The van der Waals surface area contributed by atoms with Crippen LogP contribution in [0, 0.1) is 159 Å². The maximum absolute atomic E-state index is 2.57. The number of amidine groups is 1. The van der Waals surface area contributed by atoms with Crippen LogP contribution in [0.4, 0.5) is 0 Å². The van der Waals surface area contributed by atoms with E-state index in [1.165, 1.54) is 237 Å². The van der Waals surface area contributed by atoms with Crippen molar-refractivity contribution in [2.24, 2.45) is 21.1 Å². The normalized spacial score (nSPS) is 19.6. The van der Waals surface area contributed by atoms with Gasteiger partial charge in [0.15, 0.2) is 39.1 Å². The molecule has 14 heteroatoms. The van der Waals surface area contributed by atoms with Crippen molar-refractivity contribution >= 4 is 33.5 Å². The number of aryl methyl sites for hydroxylation is 12. The van der Waals surface area contributed by atoms with Crippen LogP contribution in [0.15, 0.2) is 0 Å². The van der Waals surface area contributed by atoms with E-state index in [0.717, 1.165) is 0 Å². The minimum atomic E-state index is 0.272. The summed E-state index contributed by atoms with van der Waals surface area (Å²) in [7, 11) is 8.73. The minimum absolute atomic E-state index is 0.272. The van der Waals surface area contributed by atoms with Crippen LogP contribution in [0.5, 0.6) is 0 Å². The van der Waals surface area contributed by atoms with Crippen molar-refractivity contribution < 1.29 is 32.0 Å². The number of imidazole rings is 6. The van der Waals surface area contributed by atoms with E-state index in [1.807, 2.05) is 0 Å². The standard InChI is InChI=1S/4C16H23N2.C10H17N2.C10H19N2.C10H17N2/c1-9-10(2)12(4)15-14(11(9)3)17(7)13-8-16(5,6)18(13)15;1-9-10(2)12(4)17-13(5)18-14(8-16(18,6)7)15(17)11(9)3;1-9-10(2)12(4)17-14-8-16(6,7)18(14)13(5)15(17)11(9)3;1-9-10(2)12(4)17-13(5)14-8-16(6,7)18(14)15(17)11(9)3;1-7-9-6-10(3,4)12(9)8(2)11(7)5;2*1-7-8(2)12-9(11(7)5)6-10(12,3)4/h4*8H2,1-7H3;6H2,1-5H3;7-8H,6H2,1-5H3;6H2,1-5H3/q7*+1. The molecule has 1 saturated heterocycles. The lowest BCUT2D eigenvalue weighted by Crippen LogP contribution is -2.66. The van der Waals surface area contributed by atoms with Crippen LogP contribution < -0.4 is 27.4 Å². The summed E-state index contributed by atoms with van der Waals surface area (Å²) < 4.78 is 31.8. The molecule has 9 aromatic heterocycles. The maximum atomic E-state index is 2.57. The Balaban J connectivity index is 0.000000119. The molecule has 8 aliphatic rings. The molecular formula is C94H145N14+7. The Morgan fingerprint density at radius 2 is 0.731 bits per heavy atom. The lowest BCUT2D eigenvalue weighted by Gasteiger charge is -2.42. The third kappa shape index (κ3) is 11.2. The topological polar surface area (TPSA) is 57.6 Å². The van der Waals surface area contributed by atoms with Crippen molar-refractivity contribution in [3.8, 4) is 0 Å². The number of pyridine rings is 3. The molecule has 2 unspecified atom stereocenters. The SMILES string of the molecule is CC1C(C)[N+](C)=C2CC(C)(C)N21.Cc1c(C)[n+](C)c2n1C(C)(C)C2.Cc1c(C)c(C)c2c(c1C)n1c([n+]2C)CC1(C)C.Cc1c(C)c(C)n2c(C)[n+]3c(c2c1C)CC3(C)C.Cc1c(C)c(C)n2c(C)c3[n+](c2c1C)C(C)(C)C3.Cc1c(C)c(C)n2c3[n+](c(C)c2c1C)C(C)(C)C3.Cc1c2[n+](c(C)n1C)C(C)(C)C2. The van der Waals surface area contributed by atoms with Crippen molar-refractivity contribution in [3.05, 3.63) is 164 Å². The van der Waals surface area contributed by atoms with Gasteiger partial charge in [0, 0.05) is 76.3 Å². The Morgan fingerprint density at radius 3 is 1.17 bits per heavy atom. The monoisotopic (exact) mass is 1470 g/mol. The van der Waals surface area contributed by atoms with E-state index in [0.29, 0.717) is 28.7 Å². The summed E-state index contributed by atoms with van der Waals surface area (Å²) in [5, 5.41) is 0. The van der Waals surface area contributed by atoms with Crippen LogP contribution in [0.3, 0.4) is 0 Å². The van der Waals surface area contributed by atoms with E-state index in [2.05, 4.69) is 362 Å². The smallest absolute Gasteiger partial charge is 0.262 e. The molecule has 0 radical (unpaired) electrons. The zero-order valence-corrected chi connectivity index (χ0v) is 76.4. The highest BCUT2D eigenvalue weighted by Gasteiger charge is 2.59. The molecule has 108 heavy (non-hydrogen) atoms. The maximum Gasteiger partial charge on any atom is 0.290 e. The van der Waals surface area contributed by atoms with Crippen molar-refractivity contribution in [3.63, 3.8) is 0 Å². The predicted octanol–water partition coefficient (Wildman–Crippen LogP) is 15.9. The Bertz CT molecular complexity index is 5080. The molecule has 584 valence electrons. The van der Waals surface area contributed by atoms with Gasteiger partial charge in [-0.1, -0.05) is 0 Å². The van der Waals surface area contributed by atoms with Gasteiger partial charge in [0.05, 0.1) is 73.1 Å². The van der Waals surface area contributed by atoms with Gasteiger partial charge in [-0.05, 0) is 266 Å². The molecule has 0 spiro atoms. The van der Waals surface area contributed by atoms with Gasteiger partial charge in [-0.2, -0.15) is 13.2 Å². The second-order valence-corrected chi connectivity index (χ2v) is 39.7. The summed E-state index contributed by atoms with van der Waals surface area (Å²) in [6.07, 6.45) is 8.40. The molecule has 1 fully saturated rings. The molecule has 10 aromatic rings. The van der Waals surface area contributed by atoms with Gasteiger partial charge in [0.1, 0.15) is 96.4 Å². The van der Waals surface area contributed by atoms with E-state index < -0.39 is 0 Å². The zero-order valence-electron chi connectivity index (χ0n) is 76.4. The summed E-state index contributed by atoms with van der Waals surface area (Å²) in [5.74, 6) is 8.69. The quantitative estimate of drug-likeness (QED) is 0.140. The molecule has 0 aliphatic carbocycles. The highest BCUT2D eigenvalue weighted by molar-refractivity contribution is 5.87. The Hall–Kier alpha value is -7.35. The number of hydrogen-bond acceptors (Lipinski definition) is 1. The van der Waals surface area contributed by atoms with E-state index >= 15 is 0 Å². The number of benzene rings is 1. The fourth-order valence-electron chi connectivity index (χ4n) is 22.0. The van der Waals surface area contributed by atoms with Crippen LogP contribution in [0.25, 0.3) is 27.7 Å². The number of hydrogen-bond donors (Lipinski definition) is 0. The lowest BCUT2D eigenvalue weighted by atomic mass is 9.86. The van der Waals surface area contributed by atoms with Crippen LogP contribution in [-0.4, -0.2) is 66.9 Å². The lowest BCUT2D eigenvalue weighted by molar-refractivity contribution is -0.807. The molecule has 0 saturated carbocycles. The van der Waals surface area contributed by atoms with Crippen molar-refractivity contribution in [2.75, 3.05) is 7.05 Å². The fraction of sp³-hybridized carbons (Fsp3) is 0.628. The highest BCUT2D eigenvalue weighted by atomic mass is 15.4. The van der Waals surface area contributed by atoms with Gasteiger partial charge in [0.25, 0.3) is 40.6 Å². The van der Waals surface area contributed by atoms with E-state index in [9.17, 15) is 0 Å². The van der Waals surface area contributed by atoms with Crippen LogP contribution in [-0.2, 0) is 92.9 Å². The van der Waals surface area contributed by atoms with Gasteiger partial charge in [-0.15, -0.1) is 0 Å². The van der Waals surface area contributed by atoms with E-state index in [-0.39, 0.29) is 22.2 Å². The summed E-state index contributed by atoms with van der Waals surface area (Å²) >= 11 is 0. The number of likely N-dealkylation sites (N-methyl/N-ethyl adjacent to an activating group) is 1. The Kier molecular flexibility index (Phi) is 19.0. The molecule has 0 amide bonds. The zero-order chi connectivity index (χ0) is 80.9. The van der Waals surface area contributed by atoms with Crippen molar-refractivity contribution in [2.45, 2.75) is 366 Å². The summed E-state index contributed by atoms with van der Waals surface area (Å²) in [5.41, 5.74) is 43.9. The molecule has 18 rings (SSSR count). The first-order valence-corrected chi connectivity index (χ1v) is 41.0. The number of nitrogens with zero attached hydrogens (tertiary/aromatic N) is 14. The molecule has 8 aliphatic heterocycles. The van der Waals surface area contributed by atoms with Gasteiger partial charge in [0.2, 0.25) is 0 Å². The summed E-state index contributed by atoms with van der Waals surface area (Å²) in [6, 6.07) is 1.37. The average molecular weight is 1470 g/mol. The molecule has 1 aromatic carbocycles. The summed E-state index contributed by atoms with van der Waals surface area (Å²) in [4.78, 5) is 2.57. The average Bonchev–Trinajstić information content (AvgIpc) is 1.54. The third-order valence-electron chi connectivity index (χ3n) is 30.0. The highest BCUT2D eigenvalue weighted by Crippen LogP contribution is 2.43. The van der Waals surface area contributed by atoms with Crippen molar-refractivity contribution in [1.29, 1.82) is 0 Å². The first-order valence-electron chi connectivity index (χ1n) is 41.0. The van der Waals surface area contributed by atoms with Crippen LogP contribution in [0.2, 0.25) is 0 Å². The van der Waals surface area contributed by atoms with Crippen molar-refractivity contribution in [1.82, 2.24) is 31.8 Å². The first-order chi connectivity index (χ1) is 49.4. The fourth-order valence-corrected chi connectivity index (χ4v) is 22.0. The Labute approximate surface area is 651 Å². The van der Waals surface area contributed by atoms with Gasteiger partial charge in [-0.25, -0.2) is 41.1 Å².